The molecule has 3 aliphatic heterocycles. The van der Waals surface area contributed by atoms with Gasteiger partial charge in [0, 0.05) is 129 Å². The fourth-order valence-corrected chi connectivity index (χ4v) is 11.9. The quantitative estimate of drug-likeness (QED) is 0.00983. The number of ether oxygens (including phenoxy) is 1. The topological polar surface area (TPSA) is 245 Å². The summed E-state index contributed by atoms with van der Waals surface area (Å²) in [6, 6.07) is 26.3. The summed E-state index contributed by atoms with van der Waals surface area (Å²) in [6.45, 7) is 8.51. The molecule has 18 nitrogen and oxygen atoms in total. The highest BCUT2D eigenvalue weighted by Crippen LogP contribution is 2.50. The average molecular weight is 1160 g/mol. The number of hydrogen-bond donors (Lipinski definition) is 7. The Morgan fingerprint density at radius 3 is 1.84 bits per heavy atom. The molecule has 0 aromatic heterocycles. The first-order chi connectivity index (χ1) is 38.5. The van der Waals surface area contributed by atoms with Crippen molar-refractivity contribution in [1.82, 2.24) is 20.9 Å². The zero-order valence-electron chi connectivity index (χ0n) is 45.3. The predicted molar refractivity (Wildman–Crippen MR) is 315 cm³/mol. The zero-order valence-corrected chi connectivity index (χ0v) is 47.7. The molecule has 0 aliphatic carbocycles. The molecular formula is C59H73Cl2N8O10P. The van der Waals surface area contributed by atoms with Gasteiger partial charge in [-0.2, -0.15) is 0 Å². The van der Waals surface area contributed by atoms with Gasteiger partial charge in [0.1, 0.15) is 18.1 Å². The van der Waals surface area contributed by atoms with E-state index in [1.54, 1.807) is 21.9 Å². The van der Waals surface area contributed by atoms with E-state index in [9.17, 15) is 38.3 Å². The van der Waals surface area contributed by atoms with Crippen LogP contribution in [0.5, 0.6) is 11.5 Å². The van der Waals surface area contributed by atoms with Gasteiger partial charge in [0.25, 0.3) is 11.8 Å². The van der Waals surface area contributed by atoms with E-state index in [4.69, 9.17) is 38.2 Å². The van der Waals surface area contributed by atoms with Crippen molar-refractivity contribution in [2.45, 2.75) is 102 Å². The number of phosphoric acid groups is 1. The smallest absolute Gasteiger partial charge is 0.488 e. The normalized spacial score (nSPS) is 16.7. The number of unbranched alkanes of at least 4 members (excludes halogenated alkanes) is 3. The first-order valence-electron chi connectivity index (χ1n) is 27.6. The fourth-order valence-electron chi connectivity index (χ4n) is 11.0. The van der Waals surface area contributed by atoms with Crippen LogP contribution in [0.4, 0.5) is 21.9 Å². The lowest BCUT2D eigenvalue weighted by Gasteiger charge is -2.27. The summed E-state index contributed by atoms with van der Waals surface area (Å²) in [5, 5.41) is 16.8. The lowest BCUT2D eigenvalue weighted by Crippen LogP contribution is -2.47. The maximum Gasteiger partial charge on any atom is 0.524 e. The third-order valence-electron chi connectivity index (χ3n) is 15.2. The molecule has 0 saturated heterocycles. The Kier molecular flexibility index (Phi) is 20.9. The highest BCUT2D eigenvalue weighted by molar-refractivity contribution is 7.46. The van der Waals surface area contributed by atoms with Crippen LogP contribution in [0.3, 0.4) is 0 Å². The summed E-state index contributed by atoms with van der Waals surface area (Å²) in [5.74, 6) is 0.277. The van der Waals surface area contributed by atoms with Gasteiger partial charge in [-0.25, -0.2) is 9.36 Å². The molecule has 6 amide bonds. The molecule has 5 aromatic carbocycles. The molecular weight excluding hydrogens is 1080 g/mol. The summed E-state index contributed by atoms with van der Waals surface area (Å²) in [6.07, 6.45) is 8.30. The minimum absolute atomic E-state index is 0.0376. The minimum atomic E-state index is -4.92. The number of hydrogen-bond acceptors (Lipinski definition) is 11. The Morgan fingerprint density at radius 1 is 0.713 bits per heavy atom. The Balaban J connectivity index is 0.861. The van der Waals surface area contributed by atoms with Crippen molar-refractivity contribution in [3.63, 3.8) is 0 Å². The SMILES string of the molecule is CC(C)[C@H](CN[C@H](CCCNC(N)=O)CNc1ccc(COc2cc3c(c4ccccc24)[C@H](CCl)CN3C(=O)CCCC(=O)N2C[C@@H](CCl)c3c2cc(OP(=O)(O)O)c2ccccc32)cc1)NCCCCCCN1C(=O)C=CC1=O. The first-order valence-corrected chi connectivity index (χ1v) is 30.2. The van der Waals surface area contributed by atoms with E-state index < -0.39 is 13.9 Å². The maximum atomic E-state index is 14.2. The first kappa shape index (κ1) is 59.9. The summed E-state index contributed by atoms with van der Waals surface area (Å²) in [4.78, 5) is 87.3. The van der Waals surface area contributed by atoms with Crippen molar-refractivity contribution in [2.75, 3.05) is 72.7 Å². The predicted octanol–water partition coefficient (Wildman–Crippen LogP) is 9.17. The number of nitrogens with one attached hydrogen (secondary N) is 4. The van der Waals surface area contributed by atoms with E-state index in [0.29, 0.717) is 60.2 Å². The standard InChI is InChI=1S/C59H73Cl2N8O10P/c1-38(2)48(63-26-9-3-4-10-28-67-55(72)24-25-56(67)73)34-66-43(13-12-27-64-59(62)74)33-65-42-22-20-39(21-23-42)37-78-51-29-49-57(46-16-7-5-14-44(46)51)40(31-60)35-68(49)53(70)18-11-19-54(71)69-36-41(32-61)58-47-17-8-6-15-45(47)52(30-50(58)69)79-80(75,76)77/h5-8,14-17,20-25,29-30,38,40-41,43,48,63,65-66H,3-4,9-13,18-19,26-28,31-37H2,1-2H3,(H3,62,64,74)(H2,75,76,77)/t40-,41-,43-,48+/m1/s1. The van der Waals surface area contributed by atoms with Gasteiger partial charge in [0.05, 0.1) is 11.4 Å². The number of phosphoric ester groups is 1. The van der Waals surface area contributed by atoms with Crippen LogP contribution in [-0.2, 0) is 30.4 Å². The molecule has 80 heavy (non-hydrogen) atoms. The van der Waals surface area contributed by atoms with Crippen molar-refractivity contribution in [2.24, 2.45) is 11.7 Å². The molecule has 0 bridgehead atoms. The largest absolute Gasteiger partial charge is 0.524 e. The number of fused-ring (bicyclic) bond motifs is 6. The third kappa shape index (κ3) is 15.2. The Morgan fingerprint density at radius 2 is 1.27 bits per heavy atom. The summed E-state index contributed by atoms with van der Waals surface area (Å²) >= 11 is 13.1. The van der Waals surface area contributed by atoms with Gasteiger partial charge in [0.15, 0.2) is 0 Å². The van der Waals surface area contributed by atoms with Gasteiger partial charge in [0.2, 0.25) is 11.8 Å². The third-order valence-corrected chi connectivity index (χ3v) is 16.4. The summed E-state index contributed by atoms with van der Waals surface area (Å²) in [7, 11) is -4.92. The van der Waals surface area contributed by atoms with Crippen LogP contribution in [-0.4, -0.2) is 114 Å². The number of urea groups is 1. The van der Waals surface area contributed by atoms with Crippen LogP contribution in [0.2, 0.25) is 0 Å². The molecule has 0 radical (unpaired) electrons. The fraction of sp³-hybridized carbons (Fsp3) is 0.441. The molecule has 3 aliphatic rings. The van der Waals surface area contributed by atoms with Gasteiger partial charge in [-0.3, -0.25) is 33.9 Å². The lowest BCUT2D eigenvalue weighted by atomic mass is 9.95. The number of rotatable bonds is 30. The lowest BCUT2D eigenvalue weighted by molar-refractivity contribution is -0.137. The molecule has 0 spiro atoms. The molecule has 4 atom stereocenters. The monoisotopic (exact) mass is 1150 g/mol. The number of carbonyl (C=O) groups is 5. The second-order valence-electron chi connectivity index (χ2n) is 21.1. The van der Waals surface area contributed by atoms with E-state index in [1.165, 1.54) is 23.1 Å². The van der Waals surface area contributed by atoms with Crippen molar-refractivity contribution in [3.05, 3.63) is 114 Å². The molecule has 21 heteroatoms. The van der Waals surface area contributed by atoms with E-state index in [0.717, 1.165) is 90.5 Å². The summed E-state index contributed by atoms with van der Waals surface area (Å²) in [5.41, 5.74) is 10.2. The molecule has 428 valence electrons. The Labute approximate surface area is 477 Å². The van der Waals surface area contributed by atoms with Crippen LogP contribution in [0.1, 0.15) is 100 Å². The molecule has 0 fully saturated rings. The van der Waals surface area contributed by atoms with E-state index in [2.05, 4.69) is 35.1 Å². The zero-order chi connectivity index (χ0) is 56.9. The number of nitrogens with zero attached hydrogens (tertiary/aromatic N) is 3. The van der Waals surface area contributed by atoms with Crippen molar-refractivity contribution < 1.29 is 47.6 Å². The van der Waals surface area contributed by atoms with Gasteiger partial charge in [-0.15, -0.1) is 23.2 Å². The molecule has 3 heterocycles. The number of nitrogens with two attached hydrogens (primary N) is 1. The number of benzene rings is 5. The summed E-state index contributed by atoms with van der Waals surface area (Å²) < 4.78 is 23.7. The minimum Gasteiger partial charge on any atom is -0.488 e. The number of imide groups is 1. The van der Waals surface area contributed by atoms with E-state index >= 15 is 0 Å². The number of halogens is 2. The number of anilines is 3. The maximum absolute atomic E-state index is 14.2. The molecule has 8 N–H and O–H groups in total. The van der Waals surface area contributed by atoms with E-state index in [-0.39, 0.29) is 91.6 Å². The number of primary amides is 1. The highest BCUT2D eigenvalue weighted by atomic mass is 35.5. The van der Waals surface area contributed by atoms with Crippen LogP contribution in [0.15, 0.2) is 97.1 Å². The molecule has 8 rings (SSSR count). The Bertz CT molecular complexity index is 3090. The Hall–Kier alpha value is -6.24. The van der Waals surface area contributed by atoms with Gasteiger partial charge in [-0.05, 0) is 84.2 Å². The highest BCUT2D eigenvalue weighted by Gasteiger charge is 2.37. The van der Waals surface area contributed by atoms with Crippen LogP contribution < -0.4 is 46.1 Å². The second kappa shape index (κ2) is 28.0. The number of alkyl halides is 2. The number of carbonyl (C=O) groups excluding carboxylic acids is 5. The number of amides is 6. The van der Waals surface area contributed by atoms with Crippen molar-refractivity contribution >= 4 is 99.3 Å². The molecule has 0 saturated carbocycles. The average Bonchev–Trinajstić information content (AvgIpc) is 4.17. The van der Waals surface area contributed by atoms with Crippen molar-refractivity contribution in [3.8, 4) is 11.5 Å². The van der Waals surface area contributed by atoms with Crippen LogP contribution in [0, 0.1) is 5.92 Å². The van der Waals surface area contributed by atoms with E-state index in [1.807, 2.05) is 66.7 Å². The van der Waals surface area contributed by atoms with Gasteiger partial charge < -0.3 is 46.1 Å². The molecule has 0 unspecified atom stereocenters. The van der Waals surface area contributed by atoms with Crippen LogP contribution >= 0.6 is 31.0 Å². The van der Waals surface area contributed by atoms with Crippen LogP contribution in [0.25, 0.3) is 21.5 Å². The van der Waals surface area contributed by atoms with Crippen molar-refractivity contribution in [1.29, 1.82) is 0 Å². The second-order valence-corrected chi connectivity index (χ2v) is 22.9. The van der Waals surface area contributed by atoms with Gasteiger partial charge in [-0.1, -0.05) is 87.4 Å². The molecule has 5 aromatic rings. The van der Waals surface area contributed by atoms with Gasteiger partial charge >= 0.3 is 13.9 Å².